The zero-order valence-corrected chi connectivity index (χ0v) is 9.24. The van der Waals surface area contributed by atoms with E-state index in [1.807, 2.05) is 0 Å². The molecule has 5 heteroatoms. The van der Waals surface area contributed by atoms with Crippen molar-refractivity contribution in [3.05, 3.63) is 12.8 Å². The molecule has 0 fully saturated rings. The van der Waals surface area contributed by atoms with E-state index < -0.39 is 7.82 Å². The lowest BCUT2D eigenvalue weighted by atomic mass is 10.5. The van der Waals surface area contributed by atoms with Gasteiger partial charge in [-0.2, -0.15) is 0 Å². The molecule has 0 N–H and O–H groups in total. The van der Waals surface area contributed by atoms with Gasteiger partial charge in [-0.25, -0.2) is 4.57 Å². The van der Waals surface area contributed by atoms with Crippen molar-refractivity contribution in [2.45, 2.75) is 12.8 Å². The number of rotatable bonds is 8. The van der Waals surface area contributed by atoms with Crippen molar-refractivity contribution in [3.8, 4) is 24.7 Å². The van der Waals surface area contributed by atoms with Gasteiger partial charge >= 0.3 is 7.82 Å². The van der Waals surface area contributed by atoms with E-state index >= 15 is 0 Å². The SMILES string of the molecule is C#CCCOP(=O)(OC=C)OCCC#C. The van der Waals surface area contributed by atoms with Crippen LogP contribution in [0.1, 0.15) is 12.8 Å². The number of hydrogen-bond donors (Lipinski definition) is 0. The lowest BCUT2D eigenvalue weighted by molar-refractivity contribution is 0.147. The highest BCUT2D eigenvalue weighted by atomic mass is 31.2. The molecule has 0 aliphatic heterocycles. The number of terminal acetylenes is 2. The maximum atomic E-state index is 11.7. The van der Waals surface area contributed by atoms with Crippen LogP contribution in [0.2, 0.25) is 0 Å². The first-order chi connectivity index (χ1) is 7.18. The molecular weight excluding hydrogens is 215 g/mol. The zero-order chi connectivity index (χ0) is 11.6. The highest BCUT2D eigenvalue weighted by Gasteiger charge is 2.25. The molecule has 0 atom stereocenters. The Labute approximate surface area is 90.2 Å². The molecule has 0 spiro atoms. The summed E-state index contributed by atoms with van der Waals surface area (Å²) in [4.78, 5) is 0. The minimum absolute atomic E-state index is 0.0949. The average molecular weight is 228 g/mol. The van der Waals surface area contributed by atoms with Crippen LogP contribution in [0, 0.1) is 24.7 Å². The molecule has 0 aliphatic carbocycles. The van der Waals surface area contributed by atoms with Gasteiger partial charge < -0.3 is 4.52 Å². The van der Waals surface area contributed by atoms with Crippen LogP contribution >= 0.6 is 7.82 Å². The highest BCUT2D eigenvalue weighted by Crippen LogP contribution is 2.49. The third kappa shape index (κ3) is 6.82. The van der Waals surface area contributed by atoms with Gasteiger partial charge in [0.25, 0.3) is 0 Å². The molecule has 15 heavy (non-hydrogen) atoms. The fourth-order valence-electron chi connectivity index (χ4n) is 0.622. The summed E-state index contributed by atoms with van der Waals surface area (Å²) in [5.41, 5.74) is 0. The first kappa shape index (κ1) is 13.8. The molecule has 0 aromatic heterocycles. The molecule has 0 aliphatic rings. The van der Waals surface area contributed by atoms with Crippen molar-refractivity contribution in [3.63, 3.8) is 0 Å². The van der Waals surface area contributed by atoms with E-state index in [9.17, 15) is 4.57 Å². The standard InChI is InChI=1S/C10H13O4P/c1-4-7-9-13-15(11,12-6-3)14-10-8-5-2/h1-2,6H,3,7-10H2. The predicted molar refractivity (Wildman–Crippen MR) is 57.7 cm³/mol. The molecule has 0 saturated carbocycles. The van der Waals surface area contributed by atoms with Crippen molar-refractivity contribution in [2.24, 2.45) is 0 Å². The maximum absolute atomic E-state index is 11.7. The van der Waals surface area contributed by atoms with Crippen molar-refractivity contribution in [1.82, 2.24) is 0 Å². The molecule has 0 radical (unpaired) electrons. The van der Waals surface area contributed by atoms with Gasteiger partial charge in [-0.3, -0.25) is 9.05 Å². The molecule has 0 aromatic carbocycles. The van der Waals surface area contributed by atoms with Crippen molar-refractivity contribution >= 4 is 7.82 Å². The number of phosphoric ester groups is 1. The summed E-state index contributed by atoms with van der Waals surface area (Å²) in [6, 6.07) is 0. The molecular formula is C10H13O4P. The van der Waals surface area contributed by atoms with Crippen LogP contribution in [-0.4, -0.2) is 13.2 Å². The van der Waals surface area contributed by atoms with E-state index in [1.54, 1.807) is 0 Å². The van der Waals surface area contributed by atoms with E-state index in [2.05, 4.69) is 22.9 Å². The Hall–Kier alpha value is -1.19. The van der Waals surface area contributed by atoms with Crippen LogP contribution in [0.4, 0.5) is 0 Å². The Balaban J connectivity index is 4.08. The predicted octanol–water partition coefficient (Wildman–Crippen LogP) is 2.33. The minimum atomic E-state index is -3.59. The smallest absolute Gasteiger partial charge is 0.413 e. The van der Waals surface area contributed by atoms with E-state index in [-0.39, 0.29) is 13.2 Å². The lowest BCUT2D eigenvalue weighted by Crippen LogP contribution is -1.99. The van der Waals surface area contributed by atoms with Gasteiger partial charge in [-0.15, -0.1) is 24.7 Å². The maximum Gasteiger partial charge on any atom is 0.529 e. The van der Waals surface area contributed by atoms with Gasteiger partial charge in [-0.05, 0) is 0 Å². The second kappa shape index (κ2) is 8.15. The highest BCUT2D eigenvalue weighted by molar-refractivity contribution is 7.48. The molecule has 0 amide bonds. The van der Waals surface area contributed by atoms with Crippen molar-refractivity contribution < 1.29 is 18.1 Å². The fraction of sp³-hybridized carbons (Fsp3) is 0.400. The van der Waals surface area contributed by atoms with Crippen LogP contribution in [0.15, 0.2) is 12.8 Å². The minimum Gasteiger partial charge on any atom is -0.413 e. The van der Waals surface area contributed by atoms with E-state index in [1.165, 1.54) is 0 Å². The van der Waals surface area contributed by atoms with E-state index in [0.717, 1.165) is 6.26 Å². The summed E-state index contributed by atoms with van der Waals surface area (Å²) in [5.74, 6) is 4.67. The molecule has 0 bridgehead atoms. The first-order valence-corrected chi connectivity index (χ1v) is 5.70. The van der Waals surface area contributed by atoms with E-state index in [4.69, 9.17) is 21.9 Å². The third-order valence-corrected chi connectivity index (χ3v) is 2.60. The summed E-state index contributed by atoms with van der Waals surface area (Å²) in [5, 5.41) is 0. The summed E-state index contributed by atoms with van der Waals surface area (Å²) in [6.07, 6.45) is 11.6. The van der Waals surface area contributed by atoms with Crippen LogP contribution in [0.5, 0.6) is 0 Å². The summed E-state index contributed by atoms with van der Waals surface area (Å²) < 4.78 is 26.1. The Kier molecular flexibility index (Phi) is 7.50. The molecule has 0 heterocycles. The Morgan fingerprint density at radius 2 is 1.67 bits per heavy atom. The van der Waals surface area contributed by atoms with Gasteiger partial charge in [-0.1, -0.05) is 6.58 Å². The van der Waals surface area contributed by atoms with E-state index in [0.29, 0.717) is 12.8 Å². The Morgan fingerprint density at radius 3 is 2.00 bits per heavy atom. The van der Waals surface area contributed by atoms with Gasteiger partial charge in [0, 0.05) is 12.8 Å². The van der Waals surface area contributed by atoms with Crippen LogP contribution in [0.25, 0.3) is 0 Å². The van der Waals surface area contributed by atoms with Crippen molar-refractivity contribution in [2.75, 3.05) is 13.2 Å². The van der Waals surface area contributed by atoms with Gasteiger partial charge in [0.2, 0.25) is 0 Å². The lowest BCUT2D eigenvalue weighted by Gasteiger charge is -2.14. The number of phosphoric acid groups is 1. The molecule has 0 unspecified atom stereocenters. The van der Waals surface area contributed by atoms with Gasteiger partial charge in [0.15, 0.2) is 0 Å². The Morgan fingerprint density at radius 1 is 1.20 bits per heavy atom. The van der Waals surface area contributed by atoms with Gasteiger partial charge in [0.05, 0.1) is 19.5 Å². The Bertz CT molecular complexity index is 286. The topological polar surface area (TPSA) is 44.8 Å². The van der Waals surface area contributed by atoms with Crippen LogP contribution in [-0.2, 0) is 18.1 Å². The molecule has 0 rings (SSSR count). The fourth-order valence-corrected chi connectivity index (χ4v) is 1.63. The summed E-state index contributed by atoms with van der Waals surface area (Å²) in [7, 11) is -3.59. The summed E-state index contributed by atoms with van der Waals surface area (Å²) in [6.45, 7) is 3.46. The van der Waals surface area contributed by atoms with Crippen LogP contribution < -0.4 is 0 Å². The molecule has 4 nitrogen and oxygen atoms in total. The van der Waals surface area contributed by atoms with Gasteiger partial charge in [0.1, 0.15) is 0 Å². The molecule has 82 valence electrons. The quantitative estimate of drug-likeness (QED) is 0.277. The summed E-state index contributed by atoms with van der Waals surface area (Å²) >= 11 is 0. The second-order valence-corrected chi connectivity index (χ2v) is 3.92. The average Bonchev–Trinajstić information content (AvgIpc) is 2.19. The zero-order valence-electron chi connectivity index (χ0n) is 8.35. The number of hydrogen-bond acceptors (Lipinski definition) is 4. The van der Waals surface area contributed by atoms with Crippen LogP contribution in [0.3, 0.4) is 0 Å². The third-order valence-electron chi connectivity index (χ3n) is 1.20. The monoisotopic (exact) mass is 228 g/mol. The normalized spacial score (nSPS) is 10.0. The second-order valence-electron chi connectivity index (χ2n) is 2.29. The first-order valence-electron chi connectivity index (χ1n) is 4.24. The molecule has 0 aromatic rings. The molecule has 0 saturated heterocycles. The van der Waals surface area contributed by atoms with Crippen molar-refractivity contribution in [1.29, 1.82) is 0 Å². The largest absolute Gasteiger partial charge is 0.529 e.